The van der Waals surface area contributed by atoms with Crippen molar-refractivity contribution in [2.75, 3.05) is 11.1 Å². The molecule has 1 aliphatic rings. The number of hydrogen-bond donors (Lipinski definition) is 2. The maximum absolute atomic E-state index is 12.6. The van der Waals surface area contributed by atoms with Crippen LogP contribution in [0.25, 0.3) is 22.1 Å². The van der Waals surface area contributed by atoms with Gasteiger partial charge in [0.05, 0.1) is 17.2 Å². The van der Waals surface area contributed by atoms with E-state index in [0.29, 0.717) is 32.6 Å². The number of halogens is 1. The van der Waals surface area contributed by atoms with Crippen LogP contribution in [0.15, 0.2) is 41.6 Å². The highest BCUT2D eigenvalue weighted by Crippen LogP contribution is 2.31. The second-order valence-electron chi connectivity index (χ2n) is 6.39. The van der Waals surface area contributed by atoms with E-state index in [9.17, 15) is 9.59 Å². The molecule has 5 rings (SSSR count). The minimum Gasteiger partial charge on any atom is -0.338 e. The van der Waals surface area contributed by atoms with E-state index in [1.165, 1.54) is 11.8 Å². The zero-order chi connectivity index (χ0) is 19.3. The normalized spacial score (nSPS) is 13.1. The van der Waals surface area contributed by atoms with Crippen molar-refractivity contribution in [1.29, 1.82) is 0 Å². The molecule has 0 saturated carbocycles. The number of nitrogens with zero attached hydrogens (tertiary/aromatic N) is 3. The lowest BCUT2D eigenvalue weighted by atomic mass is 10.1. The lowest BCUT2D eigenvalue weighted by Crippen LogP contribution is -2.05. The number of Topliss-reactive ketones (excluding diaryl/α,β-unsaturated/α-hetero) is 1. The molecule has 2 aromatic heterocycles. The summed E-state index contributed by atoms with van der Waals surface area (Å²) in [5.74, 6) is -0.138. The van der Waals surface area contributed by atoms with E-state index in [2.05, 4.69) is 25.5 Å². The predicted molar refractivity (Wildman–Crippen MR) is 108 cm³/mol. The van der Waals surface area contributed by atoms with Crippen molar-refractivity contribution in [2.24, 2.45) is 0 Å². The van der Waals surface area contributed by atoms with Gasteiger partial charge in [0.2, 0.25) is 11.1 Å². The van der Waals surface area contributed by atoms with Gasteiger partial charge in [-0.1, -0.05) is 41.6 Å². The predicted octanol–water partition coefficient (Wildman–Crippen LogP) is 3.63. The molecule has 0 fully saturated rings. The SMILES string of the molecule is O=C1Cc2cc(C(=O)CSc3nnc4c(n3)[nH]c3ccccc34)c(Cl)cc2N1. The number of ketones is 1. The van der Waals surface area contributed by atoms with Gasteiger partial charge in [-0.25, -0.2) is 4.98 Å². The van der Waals surface area contributed by atoms with Gasteiger partial charge in [-0.05, 0) is 23.8 Å². The molecule has 0 saturated heterocycles. The van der Waals surface area contributed by atoms with Crippen molar-refractivity contribution >= 4 is 62.8 Å². The van der Waals surface area contributed by atoms with E-state index in [0.717, 1.165) is 16.5 Å². The number of carbonyl (C=O) groups is 2. The Hall–Kier alpha value is -2.97. The Morgan fingerprint density at radius 3 is 2.96 bits per heavy atom. The lowest BCUT2D eigenvalue weighted by Gasteiger charge is -2.06. The molecule has 7 nitrogen and oxygen atoms in total. The van der Waals surface area contributed by atoms with Gasteiger partial charge in [0.15, 0.2) is 11.4 Å². The molecule has 138 valence electrons. The molecule has 1 amide bonds. The Balaban J connectivity index is 1.37. The zero-order valence-electron chi connectivity index (χ0n) is 14.3. The summed E-state index contributed by atoms with van der Waals surface area (Å²) in [5.41, 5.74) is 4.10. The average Bonchev–Trinajstić information content (AvgIpc) is 3.23. The molecule has 28 heavy (non-hydrogen) atoms. The van der Waals surface area contributed by atoms with Gasteiger partial charge < -0.3 is 10.3 Å². The number of fused-ring (bicyclic) bond motifs is 4. The molecule has 2 N–H and O–H groups in total. The third-order valence-corrected chi connectivity index (χ3v) is 5.70. The number of H-pyrrole nitrogens is 1. The largest absolute Gasteiger partial charge is 0.338 e. The van der Waals surface area contributed by atoms with E-state index in [1.54, 1.807) is 12.1 Å². The molecule has 0 aliphatic carbocycles. The van der Waals surface area contributed by atoms with Crippen LogP contribution in [0.1, 0.15) is 15.9 Å². The van der Waals surface area contributed by atoms with Crippen molar-refractivity contribution in [2.45, 2.75) is 11.6 Å². The van der Waals surface area contributed by atoms with Crippen molar-refractivity contribution < 1.29 is 9.59 Å². The van der Waals surface area contributed by atoms with Crippen LogP contribution in [0, 0.1) is 0 Å². The summed E-state index contributed by atoms with van der Waals surface area (Å²) in [6, 6.07) is 11.1. The highest BCUT2D eigenvalue weighted by Gasteiger charge is 2.22. The quantitative estimate of drug-likeness (QED) is 0.394. The maximum atomic E-state index is 12.6. The number of nitrogens with one attached hydrogen (secondary N) is 2. The highest BCUT2D eigenvalue weighted by atomic mass is 35.5. The topological polar surface area (TPSA) is 101 Å². The van der Waals surface area contributed by atoms with E-state index in [1.807, 2.05) is 24.3 Å². The first-order valence-corrected chi connectivity index (χ1v) is 9.84. The summed E-state index contributed by atoms with van der Waals surface area (Å²) in [4.78, 5) is 31.8. The molecule has 9 heteroatoms. The monoisotopic (exact) mass is 409 g/mol. The van der Waals surface area contributed by atoms with Crippen LogP contribution < -0.4 is 5.32 Å². The van der Waals surface area contributed by atoms with E-state index >= 15 is 0 Å². The molecule has 0 spiro atoms. The number of hydrogen-bond acceptors (Lipinski definition) is 6. The lowest BCUT2D eigenvalue weighted by molar-refractivity contribution is -0.115. The van der Waals surface area contributed by atoms with E-state index < -0.39 is 0 Å². The number of benzene rings is 2. The van der Waals surface area contributed by atoms with Gasteiger partial charge in [-0.2, -0.15) is 0 Å². The number of para-hydroxylation sites is 1. The van der Waals surface area contributed by atoms with Crippen LogP contribution in [0.3, 0.4) is 0 Å². The maximum Gasteiger partial charge on any atom is 0.228 e. The Morgan fingerprint density at radius 1 is 1.21 bits per heavy atom. The van der Waals surface area contributed by atoms with Gasteiger partial charge in [-0.15, -0.1) is 10.2 Å². The molecular formula is C19H12ClN5O2S. The Kier molecular flexibility index (Phi) is 4.03. The molecule has 1 aliphatic heterocycles. The Bertz CT molecular complexity index is 1290. The smallest absolute Gasteiger partial charge is 0.228 e. The summed E-state index contributed by atoms with van der Waals surface area (Å²) in [5, 5.41) is 12.8. The molecule has 4 aromatic rings. The standard InChI is InChI=1S/C19H12ClN5O2S/c20-12-7-14-9(6-16(27)21-14)5-11(12)15(26)8-28-19-23-18-17(24-25-19)10-3-1-2-4-13(10)22-18/h1-5,7H,6,8H2,(H,21,27)(H,22,23,25). The molecule has 0 radical (unpaired) electrons. The molecule has 3 heterocycles. The number of amides is 1. The summed E-state index contributed by atoms with van der Waals surface area (Å²) < 4.78 is 0. The van der Waals surface area contributed by atoms with Gasteiger partial charge in [-0.3, -0.25) is 9.59 Å². The van der Waals surface area contributed by atoms with Crippen molar-refractivity contribution in [3.05, 3.63) is 52.5 Å². The van der Waals surface area contributed by atoms with Gasteiger partial charge in [0.1, 0.15) is 5.52 Å². The number of carbonyl (C=O) groups excluding carboxylic acids is 2. The molecule has 2 aromatic carbocycles. The first-order valence-electron chi connectivity index (χ1n) is 8.48. The van der Waals surface area contributed by atoms with Crippen molar-refractivity contribution in [3.63, 3.8) is 0 Å². The minimum atomic E-state index is -0.155. The summed E-state index contributed by atoms with van der Waals surface area (Å²) in [6.07, 6.45) is 0.254. The number of aromatic nitrogens is 4. The second-order valence-corrected chi connectivity index (χ2v) is 7.74. The van der Waals surface area contributed by atoms with E-state index in [4.69, 9.17) is 11.6 Å². The van der Waals surface area contributed by atoms with Crippen LogP contribution in [-0.2, 0) is 11.2 Å². The fraction of sp³-hybridized carbons (Fsp3) is 0.105. The number of thioether (sulfide) groups is 1. The third kappa shape index (κ3) is 2.90. The van der Waals surface area contributed by atoms with Crippen molar-refractivity contribution in [3.8, 4) is 0 Å². The highest BCUT2D eigenvalue weighted by molar-refractivity contribution is 7.99. The average molecular weight is 410 g/mol. The zero-order valence-corrected chi connectivity index (χ0v) is 15.9. The summed E-state index contributed by atoms with van der Waals surface area (Å²) in [6.45, 7) is 0. The van der Waals surface area contributed by atoms with E-state index in [-0.39, 0.29) is 23.9 Å². The first-order chi connectivity index (χ1) is 13.6. The molecule has 0 bridgehead atoms. The summed E-state index contributed by atoms with van der Waals surface area (Å²) >= 11 is 7.42. The minimum absolute atomic E-state index is 0.101. The fourth-order valence-electron chi connectivity index (χ4n) is 3.24. The van der Waals surface area contributed by atoms with Gasteiger partial charge >= 0.3 is 0 Å². The number of aromatic amines is 1. The third-order valence-electron chi connectivity index (χ3n) is 4.55. The van der Waals surface area contributed by atoms with Crippen LogP contribution in [0.2, 0.25) is 5.02 Å². The first kappa shape index (κ1) is 17.2. The Morgan fingerprint density at radius 2 is 2.07 bits per heavy atom. The number of anilines is 1. The molecular weight excluding hydrogens is 398 g/mol. The number of rotatable bonds is 4. The molecule has 0 unspecified atom stereocenters. The Labute approximate surface area is 167 Å². The van der Waals surface area contributed by atoms with Gasteiger partial charge in [0, 0.05) is 22.2 Å². The second kappa shape index (κ2) is 6.57. The van der Waals surface area contributed by atoms with Crippen LogP contribution >= 0.6 is 23.4 Å². The van der Waals surface area contributed by atoms with Gasteiger partial charge in [0.25, 0.3) is 0 Å². The van der Waals surface area contributed by atoms with Crippen LogP contribution in [0.5, 0.6) is 0 Å². The van der Waals surface area contributed by atoms with Crippen LogP contribution in [0.4, 0.5) is 5.69 Å². The molecule has 0 atom stereocenters. The fourth-order valence-corrected chi connectivity index (χ4v) is 4.18. The van der Waals surface area contributed by atoms with Crippen LogP contribution in [-0.4, -0.2) is 37.6 Å². The summed E-state index contributed by atoms with van der Waals surface area (Å²) in [7, 11) is 0. The van der Waals surface area contributed by atoms with Crippen molar-refractivity contribution in [1.82, 2.24) is 20.2 Å².